The summed E-state index contributed by atoms with van der Waals surface area (Å²) in [4.78, 5) is 0. The molecule has 0 saturated heterocycles. The number of hydrogen-bond acceptors (Lipinski definition) is 2. The fourth-order valence-corrected chi connectivity index (χ4v) is 1.22. The quantitative estimate of drug-likeness (QED) is 0.729. The van der Waals surface area contributed by atoms with Gasteiger partial charge < -0.3 is 5.11 Å². The molecule has 0 aliphatic heterocycles. The van der Waals surface area contributed by atoms with Crippen LogP contribution in [0.4, 0.5) is 0 Å². The Labute approximate surface area is 83.5 Å². The van der Waals surface area contributed by atoms with Gasteiger partial charge in [-0.25, -0.2) is 0 Å². The van der Waals surface area contributed by atoms with Crippen molar-refractivity contribution in [1.82, 2.24) is 5.32 Å². The molecule has 13 heavy (non-hydrogen) atoms. The Morgan fingerprint density at radius 1 is 1.46 bits per heavy atom. The van der Waals surface area contributed by atoms with E-state index in [4.69, 9.17) is 11.6 Å². The molecule has 0 heterocycles. The fourth-order valence-electron chi connectivity index (χ4n) is 1.01. The van der Waals surface area contributed by atoms with Gasteiger partial charge in [-0.05, 0) is 18.1 Å². The van der Waals surface area contributed by atoms with E-state index in [0.717, 1.165) is 10.6 Å². The molecule has 2 N–H and O–H groups in total. The highest BCUT2D eigenvalue weighted by atomic mass is 35.5. The van der Waals surface area contributed by atoms with Gasteiger partial charge in [0.05, 0.1) is 0 Å². The topological polar surface area (TPSA) is 32.3 Å². The van der Waals surface area contributed by atoms with Gasteiger partial charge in [-0.15, -0.1) is 0 Å². The Hall–Kier alpha value is -0.570. The molecular formula is C10H14ClNO. The van der Waals surface area contributed by atoms with Crippen LogP contribution in [0.25, 0.3) is 0 Å². The van der Waals surface area contributed by atoms with Gasteiger partial charge in [0.1, 0.15) is 6.23 Å². The molecule has 0 amide bonds. The standard InChI is InChI=1S/C10H14ClNO/c1-2-10(13)12-7-8-5-3-4-6-9(8)11/h3-6,10,12-13H,2,7H2,1H3. The van der Waals surface area contributed by atoms with Crippen LogP contribution < -0.4 is 5.32 Å². The van der Waals surface area contributed by atoms with E-state index in [1.165, 1.54) is 0 Å². The maximum absolute atomic E-state index is 9.26. The van der Waals surface area contributed by atoms with E-state index >= 15 is 0 Å². The zero-order valence-corrected chi connectivity index (χ0v) is 8.38. The summed E-state index contributed by atoms with van der Waals surface area (Å²) in [5.41, 5.74) is 1.01. The molecule has 0 saturated carbocycles. The maximum Gasteiger partial charge on any atom is 0.104 e. The van der Waals surface area contributed by atoms with Crippen LogP contribution in [0.3, 0.4) is 0 Å². The van der Waals surface area contributed by atoms with Crippen molar-refractivity contribution in [2.75, 3.05) is 0 Å². The number of halogens is 1. The van der Waals surface area contributed by atoms with Crippen LogP contribution in [0.5, 0.6) is 0 Å². The van der Waals surface area contributed by atoms with Gasteiger partial charge in [0.15, 0.2) is 0 Å². The first-order chi connectivity index (χ1) is 6.24. The Morgan fingerprint density at radius 3 is 2.77 bits per heavy atom. The van der Waals surface area contributed by atoms with E-state index in [-0.39, 0.29) is 0 Å². The lowest BCUT2D eigenvalue weighted by Crippen LogP contribution is -2.27. The highest BCUT2D eigenvalue weighted by molar-refractivity contribution is 6.31. The van der Waals surface area contributed by atoms with Gasteiger partial charge in [-0.3, -0.25) is 5.32 Å². The number of nitrogens with one attached hydrogen (secondary N) is 1. The second-order valence-corrected chi connectivity index (χ2v) is 3.30. The van der Waals surface area contributed by atoms with Crippen LogP contribution in [0, 0.1) is 0 Å². The maximum atomic E-state index is 9.26. The molecule has 72 valence electrons. The average Bonchev–Trinajstić information content (AvgIpc) is 2.16. The predicted octanol–water partition coefficient (Wildman–Crippen LogP) is 2.16. The molecule has 0 aliphatic rings. The second-order valence-electron chi connectivity index (χ2n) is 2.90. The first kappa shape index (κ1) is 10.5. The molecule has 0 aliphatic carbocycles. The van der Waals surface area contributed by atoms with Gasteiger partial charge in [-0.1, -0.05) is 36.7 Å². The molecule has 0 fully saturated rings. The van der Waals surface area contributed by atoms with Crippen molar-refractivity contribution in [3.05, 3.63) is 34.9 Å². The summed E-state index contributed by atoms with van der Waals surface area (Å²) in [6, 6.07) is 7.61. The lowest BCUT2D eigenvalue weighted by atomic mass is 10.2. The van der Waals surface area contributed by atoms with Gasteiger partial charge in [0, 0.05) is 11.6 Å². The van der Waals surface area contributed by atoms with Gasteiger partial charge in [0.2, 0.25) is 0 Å². The van der Waals surface area contributed by atoms with E-state index < -0.39 is 6.23 Å². The lowest BCUT2D eigenvalue weighted by molar-refractivity contribution is 0.131. The third-order valence-electron chi connectivity index (χ3n) is 1.87. The smallest absolute Gasteiger partial charge is 0.104 e. The fraction of sp³-hybridized carbons (Fsp3) is 0.400. The van der Waals surface area contributed by atoms with Crippen molar-refractivity contribution in [1.29, 1.82) is 0 Å². The first-order valence-electron chi connectivity index (χ1n) is 4.39. The minimum absolute atomic E-state index is 0.448. The van der Waals surface area contributed by atoms with Crippen molar-refractivity contribution in [3.8, 4) is 0 Å². The molecule has 2 nitrogen and oxygen atoms in total. The molecule has 0 radical (unpaired) electrons. The van der Waals surface area contributed by atoms with Crippen LogP contribution in [0.15, 0.2) is 24.3 Å². The Morgan fingerprint density at radius 2 is 2.15 bits per heavy atom. The normalized spacial score (nSPS) is 12.8. The largest absolute Gasteiger partial charge is 0.379 e. The van der Waals surface area contributed by atoms with Crippen LogP contribution in [-0.2, 0) is 6.54 Å². The highest BCUT2D eigenvalue weighted by Gasteiger charge is 2.01. The van der Waals surface area contributed by atoms with Crippen molar-refractivity contribution < 1.29 is 5.11 Å². The van der Waals surface area contributed by atoms with Crippen LogP contribution in [-0.4, -0.2) is 11.3 Å². The zero-order valence-electron chi connectivity index (χ0n) is 7.63. The summed E-state index contributed by atoms with van der Waals surface area (Å²) in [6.45, 7) is 2.53. The molecule has 0 aromatic heterocycles. The van der Waals surface area contributed by atoms with Crippen molar-refractivity contribution in [2.24, 2.45) is 0 Å². The number of benzene rings is 1. The summed E-state index contributed by atoms with van der Waals surface area (Å²) in [6.07, 6.45) is 0.251. The van der Waals surface area contributed by atoms with E-state index in [2.05, 4.69) is 5.32 Å². The summed E-state index contributed by atoms with van der Waals surface area (Å²) >= 11 is 5.93. The van der Waals surface area contributed by atoms with Crippen LogP contribution in [0.2, 0.25) is 5.02 Å². The summed E-state index contributed by atoms with van der Waals surface area (Å²) in [5, 5.41) is 13.0. The Bertz CT molecular complexity index is 265. The van der Waals surface area contributed by atoms with Gasteiger partial charge >= 0.3 is 0 Å². The molecule has 1 unspecified atom stereocenters. The van der Waals surface area contributed by atoms with Crippen LogP contribution >= 0.6 is 11.6 Å². The van der Waals surface area contributed by atoms with E-state index in [0.29, 0.717) is 13.0 Å². The first-order valence-corrected chi connectivity index (χ1v) is 4.76. The molecule has 0 bridgehead atoms. The lowest BCUT2D eigenvalue weighted by Gasteiger charge is -2.10. The van der Waals surface area contributed by atoms with E-state index in [1.807, 2.05) is 31.2 Å². The van der Waals surface area contributed by atoms with E-state index in [9.17, 15) is 5.11 Å². The number of hydrogen-bond donors (Lipinski definition) is 2. The third-order valence-corrected chi connectivity index (χ3v) is 2.24. The number of rotatable bonds is 4. The monoisotopic (exact) mass is 199 g/mol. The summed E-state index contributed by atoms with van der Waals surface area (Å²) in [7, 11) is 0. The highest BCUT2D eigenvalue weighted by Crippen LogP contribution is 2.14. The van der Waals surface area contributed by atoms with E-state index in [1.54, 1.807) is 0 Å². The number of aliphatic hydroxyl groups is 1. The molecular weight excluding hydrogens is 186 g/mol. The van der Waals surface area contributed by atoms with Gasteiger partial charge in [-0.2, -0.15) is 0 Å². The predicted molar refractivity (Wildman–Crippen MR) is 54.6 cm³/mol. The summed E-state index contributed by atoms with van der Waals surface area (Å²) < 4.78 is 0. The van der Waals surface area contributed by atoms with Gasteiger partial charge in [0.25, 0.3) is 0 Å². The molecule has 1 rings (SSSR count). The average molecular weight is 200 g/mol. The minimum atomic E-state index is -0.448. The minimum Gasteiger partial charge on any atom is -0.379 e. The Kier molecular flexibility index (Phi) is 4.22. The molecule has 0 spiro atoms. The molecule has 3 heteroatoms. The number of aliphatic hydroxyl groups excluding tert-OH is 1. The SMILES string of the molecule is CCC(O)NCc1ccccc1Cl. The second kappa shape index (κ2) is 5.22. The van der Waals surface area contributed by atoms with Crippen molar-refractivity contribution >= 4 is 11.6 Å². The molecule has 1 atom stereocenters. The molecule has 1 aromatic carbocycles. The van der Waals surface area contributed by atoms with Crippen molar-refractivity contribution in [2.45, 2.75) is 26.1 Å². The third kappa shape index (κ3) is 3.35. The van der Waals surface area contributed by atoms with Crippen LogP contribution in [0.1, 0.15) is 18.9 Å². The Balaban J connectivity index is 2.50. The summed E-state index contributed by atoms with van der Waals surface area (Å²) in [5.74, 6) is 0. The van der Waals surface area contributed by atoms with Crippen molar-refractivity contribution in [3.63, 3.8) is 0 Å². The zero-order chi connectivity index (χ0) is 9.68. The molecule has 1 aromatic rings.